The van der Waals surface area contributed by atoms with Crippen LogP contribution in [0.4, 0.5) is 0 Å². The summed E-state index contributed by atoms with van der Waals surface area (Å²) in [6, 6.07) is 15.7. The second-order valence-corrected chi connectivity index (χ2v) is 7.79. The van der Waals surface area contributed by atoms with E-state index in [1.807, 2.05) is 48.7 Å². The Morgan fingerprint density at radius 1 is 1.00 bits per heavy atom. The largest absolute Gasteiger partial charge is 0.361 e. The first-order valence-electron chi connectivity index (χ1n) is 10.1. The van der Waals surface area contributed by atoms with Gasteiger partial charge < -0.3 is 20.1 Å². The summed E-state index contributed by atoms with van der Waals surface area (Å²) in [5, 5.41) is 3.94. The second kappa shape index (κ2) is 7.33. The fourth-order valence-electron chi connectivity index (χ4n) is 4.41. The van der Waals surface area contributed by atoms with E-state index in [0.717, 1.165) is 16.5 Å². The molecule has 0 saturated carbocycles. The van der Waals surface area contributed by atoms with Gasteiger partial charge >= 0.3 is 0 Å². The summed E-state index contributed by atoms with van der Waals surface area (Å²) in [7, 11) is 0. The fraction of sp³-hybridized carbons (Fsp3) is 0.261. The van der Waals surface area contributed by atoms with Gasteiger partial charge in [0.05, 0.1) is 6.54 Å². The van der Waals surface area contributed by atoms with Gasteiger partial charge in [0.1, 0.15) is 12.1 Å². The van der Waals surface area contributed by atoms with Gasteiger partial charge in [-0.05, 0) is 23.8 Å². The third-order valence-corrected chi connectivity index (χ3v) is 5.99. The Bertz CT molecular complexity index is 1120. The standard InChI is InChI=1S/C23H22N4O3/c28-21-20-14-26(22(29)15-6-2-1-3-7-15)10-11-27(20)23(30)19(25-21)12-16-13-24-18-9-5-4-8-17(16)18/h1-9,13,19-20,24H,10-12,14H2,(H,25,28)/t19-,20+/m0/s1. The normalized spacial score (nSPS) is 21.5. The lowest BCUT2D eigenvalue weighted by Gasteiger charge is -2.45. The van der Waals surface area contributed by atoms with E-state index in [4.69, 9.17) is 0 Å². The summed E-state index contributed by atoms with van der Waals surface area (Å²) in [6.07, 6.45) is 2.33. The minimum Gasteiger partial charge on any atom is -0.361 e. The molecule has 2 aromatic carbocycles. The average Bonchev–Trinajstić information content (AvgIpc) is 3.20. The number of nitrogens with one attached hydrogen (secondary N) is 2. The van der Waals surface area contributed by atoms with E-state index >= 15 is 0 Å². The molecule has 2 atom stereocenters. The highest BCUT2D eigenvalue weighted by atomic mass is 16.2. The van der Waals surface area contributed by atoms with Crippen molar-refractivity contribution in [2.24, 2.45) is 0 Å². The number of amides is 3. The van der Waals surface area contributed by atoms with Crippen molar-refractivity contribution >= 4 is 28.6 Å². The van der Waals surface area contributed by atoms with Crippen molar-refractivity contribution in [1.29, 1.82) is 0 Å². The zero-order valence-electron chi connectivity index (χ0n) is 16.4. The Kier molecular flexibility index (Phi) is 4.50. The Morgan fingerprint density at radius 2 is 1.77 bits per heavy atom. The summed E-state index contributed by atoms with van der Waals surface area (Å²) in [6.45, 7) is 0.994. The van der Waals surface area contributed by atoms with Gasteiger partial charge in [-0.25, -0.2) is 0 Å². The number of carbonyl (C=O) groups is 3. The summed E-state index contributed by atoms with van der Waals surface area (Å²) in [5.41, 5.74) is 2.60. The van der Waals surface area contributed by atoms with E-state index in [-0.39, 0.29) is 24.3 Å². The Hall–Kier alpha value is -3.61. The number of rotatable bonds is 3. The molecule has 0 unspecified atom stereocenters. The number of H-pyrrole nitrogens is 1. The average molecular weight is 402 g/mol. The molecule has 0 spiro atoms. The molecular weight excluding hydrogens is 380 g/mol. The fourth-order valence-corrected chi connectivity index (χ4v) is 4.41. The summed E-state index contributed by atoms with van der Waals surface area (Å²) in [5.74, 6) is -0.405. The molecule has 1 aromatic heterocycles. The Balaban J connectivity index is 1.31. The van der Waals surface area contributed by atoms with E-state index in [1.165, 1.54) is 0 Å². The highest BCUT2D eigenvalue weighted by Gasteiger charge is 2.44. The molecular formula is C23H22N4O3. The maximum atomic E-state index is 13.1. The van der Waals surface area contributed by atoms with E-state index in [0.29, 0.717) is 25.1 Å². The minimum absolute atomic E-state index is 0.0864. The lowest BCUT2D eigenvalue weighted by Crippen LogP contribution is -2.70. The van der Waals surface area contributed by atoms with Crippen molar-refractivity contribution in [2.45, 2.75) is 18.5 Å². The number of carbonyl (C=O) groups excluding carboxylic acids is 3. The number of aromatic amines is 1. The topological polar surface area (TPSA) is 85.5 Å². The molecule has 5 rings (SSSR count). The first-order valence-corrected chi connectivity index (χ1v) is 10.1. The van der Waals surface area contributed by atoms with Crippen LogP contribution in [0.15, 0.2) is 60.8 Å². The molecule has 3 amide bonds. The van der Waals surface area contributed by atoms with E-state index in [2.05, 4.69) is 10.3 Å². The lowest BCUT2D eigenvalue weighted by molar-refractivity contribution is -0.152. The number of fused-ring (bicyclic) bond motifs is 2. The second-order valence-electron chi connectivity index (χ2n) is 7.79. The Morgan fingerprint density at radius 3 is 2.60 bits per heavy atom. The van der Waals surface area contributed by atoms with Crippen LogP contribution in [0.3, 0.4) is 0 Å². The molecule has 30 heavy (non-hydrogen) atoms. The molecule has 2 saturated heterocycles. The number of nitrogens with zero attached hydrogens (tertiary/aromatic N) is 2. The molecule has 152 valence electrons. The summed E-state index contributed by atoms with van der Waals surface area (Å²) < 4.78 is 0. The molecule has 0 bridgehead atoms. The highest BCUT2D eigenvalue weighted by Crippen LogP contribution is 2.23. The van der Waals surface area contributed by atoms with Gasteiger partial charge in [-0.15, -0.1) is 0 Å². The van der Waals surface area contributed by atoms with Crippen LogP contribution in [0.1, 0.15) is 15.9 Å². The van der Waals surface area contributed by atoms with E-state index in [1.54, 1.807) is 21.9 Å². The minimum atomic E-state index is -0.641. The van der Waals surface area contributed by atoms with E-state index in [9.17, 15) is 14.4 Å². The first kappa shape index (κ1) is 18.4. The van der Waals surface area contributed by atoms with Gasteiger partial charge in [-0.1, -0.05) is 36.4 Å². The van der Waals surface area contributed by atoms with Crippen LogP contribution in [0.2, 0.25) is 0 Å². The number of aromatic nitrogens is 1. The molecule has 3 heterocycles. The monoisotopic (exact) mass is 402 g/mol. The van der Waals surface area contributed by atoms with Gasteiger partial charge in [-0.3, -0.25) is 14.4 Å². The van der Waals surface area contributed by atoms with Gasteiger partial charge in [0.25, 0.3) is 5.91 Å². The van der Waals surface area contributed by atoms with Gasteiger partial charge in [-0.2, -0.15) is 0 Å². The zero-order chi connectivity index (χ0) is 20.7. The number of hydrogen-bond acceptors (Lipinski definition) is 3. The molecule has 7 nitrogen and oxygen atoms in total. The number of piperazine rings is 2. The van der Waals surface area contributed by atoms with Gasteiger partial charge in [0.2, 0.25) is 11.8 Å². The van der Waals surface area contributed by atoms with Crippen LogP contribution >= 0.6 is 0 Å². The van der Waals surface area contributed by atoms with Gasteiger partial charge in [0.15, 0.2) is 0 Å². The van der Waals surface area contributed by atoms with Crippen LogP contribution in [0.25, 0.3) is 10.9 Å². The molecule has 0 aliphatic carbocycles. The maximum Gasteiger partial charge on any atom is 0.253 e. The van der Waals surface area contributed by atoms with Crippen LogP contribution in [0, 0.1) is 0 Å². The third-order valence-electron chi connectivity index (χ3n) is 5.99. The summed E-state index contributed by atoms with van der Waals surface area (Å²) in [4.78, 5) is 45.2. The quantitative estimate of drug-likeness (QED) is 0.697. The summed E-state index contributed by atoms with van der Waals surface area (Å²) >= 11 is 0. The molecule has 3 aromatic rings. The smallest absolute Gasteiger partial charge is 0.253 e. The van der Waals surface area contributed by atoms with Crippen molar-refractivity contribution in [1.82, 2.24) is 20.1 Å². The van der Waals surface area contributed by atoms with Crippen molar-refractivity contribution in [3.05, 3.63) is 71.9 Å². The lowest BCUT2D eigenvalue weighted by atomic mass is 9.98. The van der Waals surface area contributed by atoms with Crippen molar-refractivity contribution in [2.75, 3.05) is 19.6 Å². The molecule has 2 aliphatic rings. The number of benzene rings is 2. The van der Waals surface area contributed by atoms with Crippen LogP contribution in [-0.4, -0.2) is 64.2 Å². The van der Waals surface area contributed by atoms with E-state index < -0.39 is 12.1 Å². The molecule has 2 N–H and O–H groups in total. The molecule has 2 aliphatic heterocycles. The first-order chi connectivity index (χ1) is 14.6. The van der Waals surface area contributed by atoms with Crippen molar-refractivity contribution < 1.29 is 14.4 Å². The predicted molar refractivity (Wildman–Crippen MR) is 112 cm³/mol. The third kappa shape index (κ3) is 3.12. The number of hydrogen-bond donors (Lipinski definition) is 2. The van der Waals surface area contributed by atoms with Crippen LogP contribution < -0.4 is 5.32 Å². The van der Waals surface area contributed by atoms with Crippen molar-refractivity contribution in [3.63, 3.8) is 0 Å². The molecule has 7 heteroatoms. The zero-order valence-corrected chi connectivity index (χ0v) is 16.4. The Labute approximate surface area is 173 Å². The molecule has 0 radical (unpaired) electrons. The van der Waals surface area contributed by atoms with Crippen LogP contribution in [0.5, 0.6) is 0 Å². The maximum absolute atomic E-state index is 13.1. The number of para-hydroxylation sites is 1. The van der Waals surface area contributed by atoms with Crippen LogP contribution in [-0.2, 0) is 16.0 Å². The SMILES string of the molecule is O=C1N[C@@H](Cc2c[nH]c3ccccc23)C(=O)N2CCN(C(=O)c3ccccc3)C[C@H]12. The predicted octanol–water partition coefficient (Wildman–Crippen LogP) is 1.56. The van der Waals surface area contributed by atoms with Crippen molar-refractivity contribution in [3.8, 4) is 0 Å². The van der Waals surface area contributed by atoms with Gasteiger partial charge in [0, 0.05) is 42.2 Å². The highest BCUT2D eigenvalue weighted by molar-refractivity contribution is 5.99. The molecule has 2 fully saturated rings.